The normalized spacial score (nSPS) is 11.5. The van der Waals surface area contributed by atoms with Gasteiger partial charge < -0.3 is 14.2 Å². The van der Waals surface area contributed by atoms with Crippen LogP contribution in [0.5, 0.6) is 17.2 Å². The van der Waals surface area contributed by atoms with E-state index in [9.17, 15) is 14.4 Å². The maximum absolute atomic E-state index is 12.4. The van der Waals surface area contributed by atoms with E-state index in [-0.39, 0.29) is 0 Å². The van der Waals surface area contributed by atoms with Crippen molar-refractivity contribution in [2.75, 3.05) is 0 Å². The van der Waals surface area contributed by atoms with Gasteiger partial charge in [0.15, 0.2) is 0 Å². The first-order valence-electron chi connectivity index (χ1n) is 9.54. The van der Waals surface area contributed by atoms with E-state index in [4.69, 9.17) is 14.2 Å². The van der Waals surface area contributed by atoms with Gasteiger partial charge in [0.1, 0.15) is 17.2 Å². The molecule has 160 valence electrons. The molecule has 0 radical (unpaired) electrons. The van der Waals surface area contributed by atoms with Crippen molar-refractivity contribution in [3.63, 3.8) is 0 Å². The van der Waals surface area contributed by atoms with Gasteiger partial charge in [-0.2, -0.15) is 0 Å². The van der Waals surface area contributed by atoms with Crippen LogP contribution in [0.4, 0.5) is 0 Å². The Balaban J connectivity index is 2.05. The summed E-state index contributed by atoms with van der Waals surface area (Å²) in [6.45, 7) is 10.3. The number of benzene rings is 2. The largest absolute Gasteiger partial charge is 0.423 e. The third-order valence-corrected chi connectivity index (χ3v) is 4.32. The molecule has 2 aromatic carbocycles. The Kier molecular flexibility index (Phi) is 8.09. The Morgan fingerprint density at radius 3 is 1.81 bits per heavy atom. The van der Waals surface area contributed by atoms with Crippen LogP contribution in [0, 0.1) is 6.92 Å². The SMILES string of the molecule is C=CC(=O)Oc1ccc(/C=C(\C)C(=O)Oc2ccc(OC(=O)/C(C)=C/C)cc2)c(C)c1. The van der Waals surface area contributed by atoms with Gasteiger partial charge in [0.25, 0.3) is 0 Å². The summed E-state index contributed by atoms with van der Waals surface area (Å²) in [5.41, 5.74) is 2.50. The lowest BCUT2D eigenvalue weighted by molar-refractivity contribution is -0.131. The molecule has 0 atom stereocenters. The van der Waals surface area contributed by atoms with Gasteiger partial charge in [-0.1, -0.05) is 18.7 Å². The fourth-order valence-electron chi connectivity index (χ4n) is 2.39. The third kappa shape index (κ3) is 6.82. The maximum Gasteiger partial charge on any atom is 0.339 e. The van der Waals surface area contributed by atoms with Crippen molar-refractivity contribution in [3.05, 3.63) is 83.5 Å². The van der Waals surface area contributed by atoms with Crippen LogP contribution in [0.3, 0.4) is 0 Å². The Hall–Kier alpha value is -3.93. The van der Waals surface area contributed by atoms with Crippen molar-refractivity contribution in [3.8, 4) is 17.2 Å². The molecule has 0 aliphatic rings. The molecule has 0 aromatic heterocycles. The summed E-state index contributed by atoms with van der Waals surface area (Å²) in [4.78, 5) is 35.5. The molecule has 6 nitrogen and oxygen atoms in total. The highest BCUT2D eigenvalue weighted by Gasteiger charge is 2.11. The number of carbonyl (C=O) groups excluding carboxylic acids is 3. The van der Waals surface area contributed by atoms with E-state index < -0.39 is 17.9 Å². The van der Waals surface area contributed by atoms with E-state index in [1.54, 1.807) is 75.4 Å². The zero-order valence-electron chi connectivity index (χ0n) is 17.9. The van der Waals surface area contributed by atoms with Crippen LogP contribution in [0.1, 0.15) is 31.9 Å². The van der Waals surface area contributed by atoms with Crippen LogP contribution in [-0.2, 0) is 14.4 Å². The average molecular weight is 420 g/mol. The van der Waals surface area contributed by atoms with Gasteiger partial charge in [0.2, 0.25) is 0 Å². The first kappa shape index (κ1) is 23.3. The van der Waals surface area contributed by atoms with E-state index in [2.05, 4.69) is 6.58 Å². The van der Waals surface area contributed by atoms with E-state index in [1.807, 2.05) is 6.92 Å². The number of aryl methyl sites for hydroxylation is 1. The zero-order chi connectivity index (χ0) is 23.0. The van der Waals surface area contributed by atoms with Gasteiger partial charge >= 0.3 is 17.9 Å². The van der Waals surface area contributed by atoms with E-state index in [0.29, 0.717) is 28.4 Å². The first-order valence-corrected chi connectivity index (χ1v) is 9.54. The second-order valence-corrected chi connectivity index (χ2v) is 6.69. The summed E-state index contributed by atoms with van der Waals surface area (Å²) in [5, 5.41) is 0. The highest BCUT2D eigenvalue weighted by Crippen LogP contribution is 2.22. The molecule has 0 N–H and O–H groups in total. The summed E-state index contributed by atoms with van der Waals surface area (Å²) < 4.78 is 15.7. The van der Waals surface area contributed by atoms with Gasteiger partial charge in [-0.25, -0.2) is 14.4 Å². The van der Waals surface area contributed by atoms with E-state index in [0.717, 1.165) is 17.2 Å². The molecule has 0 aliphatic heterocycles. The molecule has 0 saturated heterocycles. The Morgan fingerprint density at radius 1 is 0.806 bits per heavy atom. The smallest absolute Gasteiger partial charge is 0.339 e. The molecule has 0 amide bonds. The van der Waals surface area contributed by atoms with Gasteiger partial charge in [-0.3, -0.25) is 0 Å². The predicted octanol–water partition coefficient (Wildman–Crippen LogP) is 4.97. The van der Waals surface area contributed by atoms with Gasteiger partial charge in [-0.05, 0) is 81.3 Å². The summed E-state index contributed by atoms with van der Waals surface area (Å²) in [7, 11) is 0. The lowest BCUT2D eigenvalue weighted by atomic mass is 10.1. The van der Waals surface area contributed by atoms with Crippen LogP contribution in [0.25, 0.3) is 6.08 Å². The highest BCUT2D eigenvalue weighted by molar-refractivity contribution is 5.94. The number of carbonyl (C=O) groups is 3. The van der Waals surface area contributed by atoms with Crippen molar-refractivity contribution in [2.45, 2.75) is 27.7 Å². The lowest BCUT2D eigenvalue weighted by Gasteiger charge is -2.08. The minimum Gasteiger partial charge on any atom is -0.423 e. The number of rotatable bonds is 7. The van der Waals surface area contributed by atoms with E-state index in [1.165, 1.54) is 0 Å². The van der Waals surface area contributed by atoms with Crippen molar-refractivity contribution in [1.82, 2.24) is 0 Å². The Labute approximate surface area is 181 Å². The highest BCUT2D eigenvalue weighted by atomic mass is 16.5. The summed E-state index contributed by atoms with van der Waals surface area (Å²) in [5.74, 6) is -0.428. The van der Waals surface area contributed by atoms with Crippen molar-refractivity contribution >= 4 is 24.0 Å². The molecular weight excluding hydrogens is 396 g/mol. The molecule has 0 fully saturated rings. The summed E-state index contributed by atoms with van der Waals surface area (Å²) >= 11 is 0. The first-order chi connectivity index (χ1) is 14.7. The number of allylic oxidation sites excluding steroid dienone is 1. The van der Waals surface area contributed by atoms with Crippen LogP contribution >= 0.6 is 0 Å². The standard InChI is InChI=1S/C25H24O6/c1-6-16(3)24(27)30-20-10-12-21(13-11-20)31-25(28)18(5)14-19-8-9-22(15-17(19)4)29-23(26)7-2/h6-15H,2H2,1,3-5H3/b16-6+,18-14+. The van der Waals surface area contributed by atoms with Crippen molar-refractivity contribution < 1.29 is 28.6 Å². The Morgan fingerprint density at radius 2 is 1.32 bits per heavy atom. The van der Waals surface area contributed by atoms with Gasteiger partial charge in [-0.15, -0.1) is 0 Å². The van der Waals surface area contributed by atoms with Crippen molar-refractivity contribution in [1.29, 1.82) is 0 Å². The number of esters is 3. The van der Waals surface area contributed by atoms with E-state index >= 15 is 0 Å². The number of hydrogen-bond donors (Lipinski definition) is 0. The molecule has 2 aromatic rings. The monoisotopic (exact) mass is 420 g/mol. The molecule has 31 heavy (non-hydrogen) atoms. The molecular formula is C25H24O6. The number of ether oxygens (including phenoxy) is 3. The fourth-order valence-corrected chi connectivity index (χ4v) is 2.39. The van der Waals surface area contributed by atoms with Crippen LogP contribution in [0.15, 0.2) is 72.3 Å². The number of hydrogen-bond acceptors (Lipinski definition) is 6. The molecule has 0 heterocycles. The lowest BCUT2D eigenvalue weighted by Crippen LogP contribution is -2.10. The summed E-state index contributed by atoms with van der Waals surface area (Å²) in [6.07, 6.45) is 4.44. The molecule has 0 spiro atoms. The van der Waals surface area contributed by atoms with Gasteiger partial charge in [0.05, 0.1) is 0 Å². The zero-order valence-corrected chi connectivity index (χ0v) is 17.9. The van der Waals surface area contributed by atoms with Crippen LogP contribution in [-0.4, -0.2) is 17.9 Å². The minimum absolute atomic E-state index is 0.323. The Bertz CT molecular complexity index is 1060. The minimum atomic E-state index is -0.541. The second kappa shape index (κ2) is 10.7. The predicted molar refractivity (Wildman–Crippen MR) is 118 cm³/mol. The topological polar surface area (TPSA) is 78.9 Å². The van der Waals surface area contributed by atoms with Crippen molar-refractivity contribution in [2.24, 2.45) is 0 Å². The average Bonchev–Trinajstić information content (AvgIpc) is 2.76. The quantitative estimate of drug-likeness (QED) is 0.358. The second-order valence-electron chi connectivity index (χ2n) is 6.69. The summed E-state index contributed by atoms with van der Waals surface area (Å²) in [6, 6.07) is 11.3. The van der Waals surface area contributed by atoms with Gasteiger partial charge in [0, 0.05) is 17.2 Å². The third-order valence-electron chi connectivity index (χ3n) is 4.32. The maximum atomic E-state index is 12.4. The van der Waals surface area contributed by atoms with Crippen LogP contribution in [0.2, 0.25) is 0 Å². The fraction of sp³-hybridized carbons (Fsp3) is 0.160. The molecule has 0 unspecified atom stereocenters. The molecule has 0 bridgehead atoms. The molecule has 0 saturated carbocycles. The molecule has 2 rings (SSSR count). The molecule has 6 heteroatoms. The molecule has 0 aliphatic carbocycles. The van der Waals surface area contributed by atoms with Crippen LogP contribution < -0.4 is 14.2 Å².